The van der Waals surface area contributed by atoms with Crippen LogP contribution in [0.15, 0.2) is 30.3 Å². The standard InChI is InChI=1S/C12H15NO3/c14-9-12(8-13(16)10-15)7-6-11-4-2-1-3-5-11/h1-5,9-10,12,16H,6-8H2. The van der Waals surface area contributed by atoms with Gasteiger partial charge in [-0.2, -0.15) is 0 Å². The predicted octanol–water partition coefficient (Wildman–Crippen LogP) is 1.28. The third-order valence-corrected chi connectivity index (χ3v) is 2.38. The number of carbonyl (C=O) groups is 2. The van der Waals surface area contributed by atoms with Crippen LogP contribution in [0.1, 0.15) is 12.0 Å². The van der Waals surface area contributed by atoms with Crippen LogP contribution in [0.2, 0.25) is 0 Å². The van der Waals surface area contributed by atoms with Gasteiger partial charge in [-0.3, -0.25) is 10.0 Å². The van der Waals surface area contributed by atoms with Crippen molar-refractivity contribution in [3.05, 3.63) is 35.9 Å². The number of hydroxylamine groups is 2. The number of aryl methyl sites for hydroxylation is 1. The molecule has 0 aromatic heterocycles. The van der Waals surface area contributed by atoms with Crippen molar-refractivity contribution in [2.24, 2.45) is 5.92 Å². The van der Waals surface area contributed by atoms with Crippen LogP contribution < -0.4 is 0 Å². The maximum atomic E-state index is 10.7. The lowest BCUT2D eigenvalue weighted by Crippen LogP contribution is -2.26. The van der Waals surface area contributed by atoms with Crippen LogP contribution in [0.5, 0.6) is 0 Å². The smallest absolute Gasteiger partial charge is 0.233 e. The predicted molar refractivity (Wildman–Crippen MR) is 58.9 cm³/mol. The van der Waals surface area contributed by atoms with E-state index in [4.69, 9.17) is 5.21 Å². The van der Waals surface area contributed by atoms with Crippen LogP contribution in [0.25, 0.3) is 0 Å². The van der Waals surface area contributed by atoms with Crippen molar-refractivity contribution in [2.75, 3.05) is 6.54 Å². The van der Waals surface area contributed by atoms with E-state index in [1.165, 1.54) is 0 Å². The number of hydrogen-bond acceptors (Lipinski definition) is 3. The summed E-state index contributed by atoms with van der Waals surface area (Å²) in [5, 5.41) is 9.47. The van der Waals surface area contributed by atoms with Gasteiger partial charge in [-0.05, 0) is 18.4 Å². The molecule has 0 radical (unpaired) electrons. The van der Waals surface area contributed by atoms with Gasteiger partial charge in [0.15, 0.2) is 0 Å². The van der Waals surface area contributed by atoms with E-state index < -0.39 is 0 Å². The maximum Gasteiger partial charge on any atom is 0.233 e. The molecule has 0 saturated heterocycles. The Hall–Kier alpha value is -1.68. The summed E-state index contributed by atoms with van der Waals surface area (Å²) in [6.45, 7) is 0.0554. The number of aldehydes is 1. The van der Waals surface area contributed by atoms with E-state index in [-0.39, 0.29) is 12.5 Å². The van der Waals surface area contributed by atoms with E-state index >= 15 is 0 Å². The Morgan fingerprint density at radius 2 is 1.94 bits per heavy atom. The fraction of sp³-hybridized carbons (Fsp3) is 0.333. The molecule has 1 rings (SSSR count). The van der Waals surface area contributed by atoms with Crippen molar-refractivity contribution in [2.45, 2.75) is 12.8 Å². The van der Waals surface area contributed by atoms with Crippen molar-refractivity contribution in [3.63, 3.8) is 0 Å². The molecule has 1 N–H and O–H groups in total. The quantitative estimate of drug-likeness (QED) is 0.428. The first-order chi connectivity index (χ1) is 7.76. The zero-order valence-electron chi connectivity index (χ0n) is 8.95. The van der Waals surface area contributed by atoms with Gasteiger partial charge >= 0.3 is 0 Å². The molecule has 16 heavy (non-hydrogen) atoms. The summed E-state index contributed by atoms with van der Waals surface area (Å²) in [6, 6.07) is 9.78. The molecule has 1 aromatic carbocycles. The maximum absolute atomic E-state index is 10.7. The lowest BCUT2D eigenvalue weighted by atomic mass is 10.0. The second-order valence-corrected chi connectivity index (χ2v) is 3.65. The topological polar surface area (TPSA) is 57.6 Å². The van der Waals surface area contributed by atoms with Crippen LogP contribution in [0.4, 0.5) is 0 Å². The molecular formula is C12H15NO3. The summed E-state index contributed by atoms with van der Waals surface area (Å²) in [5.41, 5.74) is 1.14. The third kappa shape index (κ3) is 4.23. The van der Waals surface area contributed by atoms with Gasteiger partial charge in [0, 0.05) is 5.92 Å². The van der Waals surface area contributed by atoms with E-state index in [1.54, 1.807) is 0 Å². The lowest BCUT2D eigenvalue weighted by Gasteiger charge is -2.14. The first kappa shape index (κ1) is 12.4. The molecule has 1 amide bonds. The summed E-state index contributed by atoms with van der Waals surface area (Å²) >= 11 is 0. The molecule has 0 saturated carbocycles. The highest BCUT2D eigenvalue weighted by Crippen LogP contribution is 2.08. The average Bonchev–Trinajstić information content (AvgIpc) is 2.35. The molecule has 0 aliphatic rings. The van der Waals surface area contributed by atoms with Gasteiger partial charge in [-0.1, -0.05) is 30.3 Å². The molecule has 0 aliphatic carbocycles. The van der Waals surface area contributed by atoms with E-state index in [1.807, 2.05) is 30.3 Å². The Morgan fingerprint density at radius 3 is 2.50 bits per heavy atom. The first-order valence-corrected chi connectivity index (χ1v) is 5.16. The molecule has 4 heteroatoms. The van der Waals surface area contributed by atoms with Crippen LogP contribution in [-0.4, -0.2) is 29.5 Å². The van der Waals surface area contributed by atoms with Gasteiger partial charge in [0.05, 0.1) is 6.54 Å². The normalized spacial score (nSPS) is 11.8. The number of hydrogen-bond donors (Lipinski definition) is 1. The highest BCUT2D eigenvalue weighted by molar-refractivity contribution is 5.55. The number of nitrogens with zero attached hydrogens (tertiary/aromatic N) is 1. The summed E-state index contributed by atoms with van der Waals surface area (Å²) in [4.78, 5) is 20.9. The Kier molecular flexibility index (Phi) is 5.22. The second kappa shape index (κ2) is 6.74. The Balaban J connectivity index is 2.40. The lowest BCUT2D eigenvalue weighted by molar-refractivity contribution is -0.152. The summed E-state index contributed by atoms with van der Waals surface area (Å²) in [7, 11) is 0. The first-order valence-electron chi connectivity index (χ1n) is 5.16. The molecule has 1 unspecified atom stereocenters. The number of carbonyl (C=O) groups excluding carboxylic acids is 2. The van der Waals surface area contributed by atoms with Crippen molar-refractivity contribution in [1.29, 1.82) is 0 Å². The minimum atomic E-state index is -0.324. The molecular weight excluding hydrogens is 206 g/mol. The molecule has 0 aliphatic heterocycles. The summed E-state index contributed by atoms with van der Waals surface area (Å²) in [5.74, 6) is -0.324. The molecule has 86 valence electrons. The molecule has 4 nitrogen and oxygen atoms in total. The summed E-state index contributed by atoms with van der Waals surface area (Å²) < 4.78 is 0. The van der Waals surface area contributed by atoms with Crippen molar-refractivity contribution < 1.29 is 14.8 Å². The van der Waals surface area contributed by atoms with Gasteiger partial charge < -0.3 is 4.79 Å². The minimum absolute atomic E-state index is 0.0554. The minimum Gasteiger partial charge on any atom is -0.303 e. The van der Waals surface area contributed by atoms with Crippen LogP contribution in [-0.2, 0) is 16.0 Å². The van der Waals surface area contributed by atoms with Gasteiger partial charge in [-0.15, -0.1) is 0 Å². The largest absolute Gasteiger partial charge is 0.303 e. The zero-order chi connectivity index (χ0) is 11.8. The monoisotopic (exact) mass is 221 g/mol. The van der Waals surface area contributed by atoms with Gasteiger partial charge in [0.25, 0.3) is 0 Å². The fourth-order valence-electron chi connectivity index (χ4n) is 1.48. The molecule has 0 bridgehead atoms. The van der Waals surface area contributed by atoms with E-state index in [2.05, 4.69) is 0 Å². The Bertz CT molecular complexity index is 326. The van der Waals surface area contributed by atoms with Gasteiger partial charge in [0.2, 0.25) is 6.41 Å². The highest BCUT2D eigenvalue weighted by atomic mass is 16.5. The zero-order valence-corrected chi connectivity index (χ0v) is 8.95. The molecule has 0 fully saturated rings. The van der Waals surface area contributed by atoms with E-state index in [9.17, 15) is 9.59 Å². The van der Waals surface area contributed by atoms with Crippen LogP contribution in [0.3, 0.4) is 0 Å². The van der Waals surface area contributed by atoms with Crippen LogP contribution in [0, 0.1) is 5.92 Å². The Labute approximate surface area is 94.5 Å². The van der Waals surface area contributed by atoms with E-state index in [0.717, 1.165) is 18.3 Å². The summed E-state index contributed by atoms with van der Waals surface area (Å²) in [6.07, 6.45) is 2.46. The SMILES string of the molecule is O=CC(CCc1ccccc1)CN(O)C=O. The van der Waals surface area contributed by atoms with Crippen LogP contribution >= 0.6 is 0 Å². The molecule has 0 spiro atoms. The average molecular weight is 221 g/mol. The van der Waals surface area contributed by atoms with Crippen molar-refractivity contribution in [3.8, 4) is 0 Å². The second-order valence-electron chi connectivity index (χ2n) is 3.65. The molecule has 1 aromatic rings. The molecule has 1 atom stereocenters. The highest BCUT2D eigenvalue weighted by Gasteiger charge is 2.10. The fourth-order valence-corrected chi connectivity index (χ4v) is 1.48. The number of benzene rings is 1. The molecule has 0 heterocycles. The number of amides is 1. The third-order valence-electron chi connectivity index (χ3n) is 2.38. The number of rotatable bonds is 7. The van der Waals surface area contributed by atoms with Gasteiger partial charge in [-0.25, -0.2) is 5.06 Å². The Morgan fingerprint density at radius 1 is 1.25 bits per heavy atom. The van der Waals surface area contributed by atoms with Crippen molar-refractivity contribution in [1.82, 2.24) is 5.06 Å². The van der Waals surface area contributed by atoms with E-state index in [0.29, 0.717) is 17.9 Å². The van der Waals surface area contributed by atoms with Gasteiger partial charge in [0.1, 0.15) is 6.29 Å². The van der Waals surface area contributed by atoms with Crippen molar-refractivity contribution >= 4 is 12.7 Å².